The predicted molar refractivity (Wildman–Crippen MR) is 88.8 cm³/mol. The summed E-state index contributed by atoms with van der Waals surface area (Å²) in [6, 6.07) is 17.7. The van der Waals surface area contributed by atoms with Gasteiger partial charge in [-0.15, -0.1) is 0 Å². The normalized spacial score (nSPS) is 10.6. The second-order valence-corrected chi connectivity index (χ2v) is 5.50. The number of nitrogens with one attached hydrogen (secondary N) is 1. The number of carbonyl (C=O) groups is 1. The Morgan fingerprint density at radius 2 is 1.86 bits per heavy atom. The van der Waals surface area contributed by atoms with E-state index in [1.165, 1.54) is 11.1 Å². The van der Waals surface area contributed by atoms with Crippen molar-refractivity contribution >= 4 is 16.8 Å². The van der Waals surface area contributed by atoms with Crippen molar-refractivity contribution in [1.82, 2.24) is 10.3 Å². The zero-order valence-electron chi connectivity index (χ0n) is 12.8. The van der Waals surface area contributed by atoms with E-state index in [-0.39, 0.29) is 5.91 Å². The van der Waals surface area contributed by atoms with E-state index in [1.807, 2.05) is 30.3 Å². The molecule has 3 rings (SSSR count). The summed E-state index contributed by atoms with van der Waals surface area (Å²) in [5.74, 6) is -0.147. The lowest BCUT2D eigenvalue weighted by molar-refractivity contribution is 0.0946. The standard InChI is InChI=1S/C19H18N2O/c1-13-7-8-16(14(2)11-13)12-20-19(22)18-10-9-15-5-3-4-6-17(15)21-18/h3-11H,12H2,1-2H3,(H,20,22). The number of para-hydroxylation sites is 1. The van der Waals surface area contributed by atoms with Crippen molar-refractivity contribution in [2.45, 2.75) is 20.4 Å². The molecule has 0 unspecified atom stereocenters. The fourth-order valence-electron chi connectivity index (χ4n) is 2.50. The Kier molecular flexibility index (Phi) is 3.88. The Balaban J connectivity index is 1.75. The van der Waals surface area contributed by atoms with E-state index in [0.717, 1.165) is 16.5 Å². The molecular weight excluding hydrogens is 272 g/mol. The molecule has 2 aromatic carbocycles. The quantitative estimate of drug-likeness (QED) is 0.797. The Labute approximate surface area is 130 Å². The third kappa shape index (κ3) is 2.98. The van der Waals surface area contributed by atoms with Crippen LogP contribution in [0.1, 0.15) is 27.2 Å². The van der Waals surface area contributed by atoms with Crippen molar-refractivity contribution in [3.8, 4) is 0 Å². The van der Waals surface area contributed by atoms with Crippen molar-refractivity contribution in [1.29, 1.82) is 0 Å². The van der Waals surface area contributed by atoms with E-state index >= 15 is 0 Å². The molecule has 0 aliphatic rings. The molecule has 3 nitrogen and oxygen atoms in total. The molecule has 1 amide bonds. The lowest BCUT2D eigenvalue weighted by Crippen LogP contribution is -2.24. The number of aryl methyl sites for hydroxylation is 2. The number of rotatable bonds is 3. The van der Waals surface area contributed by atoms with Gasteiger partial charge in [-0.1, -0.05) is 48.0 Å². The van der Waals surface area contributed by atoms with Crippen molar-refractivity contribution in [3.63, 3.8) is 0 Å². The minimum Gasteiger partial charge on any atom is -0.347 e. The fourth-order valence-corrected chi connectivity index (χ4v) is 2.50. The summed E-state index contributed by atoms with van der Waals surface area (Å²) in [6.07, 6.45) is 0. The van der Waals surface area contributed by atoms with E-state index in [0.29, 0.717) is 12.2 Å². The number of nitrogens with zero attached hydrogens (tertiary/aromatic N) is 1. The molecular formula is C19H18N2O. The third-order valence-electron chi connectivity index (χ3n) is 3.77. The molecule has 3 aromatic rings. The molecule has 1 N–H and O–H groups in total. The van der Waals surface area contributed by atoms with Gasteiger partial charge in [0.15, 0.2) is 0 Å². The average molecular weight is 290 g/mol. The number of carbonyl (C=O) groups excluding carboxylic acids is 1. The number of aromatic nitrogens is 1. The van der Waals surface area contributed by atoms with E-state index in [9.17, 15) is 4.79 Å². The summed E-state index contributed by atoms with van der Waals surface area (Å²) < 4.78 is 0. The number of fused-ring (bicyclic) bond motifs is 1. The van der Waals surface area contributed by atoms with E-state index in [2.05, 4.69) is 42.3 Å². The van der Waals surface area contributed by atoms with Crippen molar-refractivity contribution in [2.24, 2.45) is 0 Å². The molecule has 0 fully saturated rings. The highest BCUT2D eigenvalue weighted by molar-refractivity contribution is 5.94. The van der Waals surface area contributed by atoms with Crippen molar-refractivity contribution in [2.75, 3.05) is 0 Å². The van der Waals surface area contributed by atoms with Crippen LogP contribution in [0.3, 0.4) is 0 Å². The van der Waals surface area contributed by atoms with Gasteiger partial charge in [-0.3, -0.25) is 4.79 Å². The van der Waals surface area contributed by atoms with Gasteiger partial charge in [0.1, 0.15) is 5.69 Å². The molecule has 0 aliphatic carbocycles. The van der Waals surface area contributed by atoms with E-state index in [4.69, 9.17) is 0 Å². The molecule has 0 saturated heterocycles. The molecule has 22 heavy (non-hydrogen) atoms. The largest absolute Gasteiger partial charge is 0.347 e. The molecule has 0 radical (unpaired) electrons. The van der Waals surface area contributed by atoms with Crippen LogP contribution in [0.25, 0.3) is 10.9 Å². The molecule has 1 aromatic heterocycles. The second-order valence-electron chi connectivity index (χ2n) is 5.50. The molecule has 110 valence electrons. The highest BCUT2D eigenvalue weighted by Gasteiger charge is 2.08. The molecule has 0 aliphatic heterocycles. The fraction of sp³-hybridized carbons (Fsp3) is 0.158. The number of amides is 1. The summed E-state index contributed by atoms with van der Waals surface area (Å²) >= 11 is 0. The molecule has 0 bridgehead atoms. The topological polar surface area (TPSA) is 42.0 Å². The zero-order chi connectivity index (χ0) is 15.5. The maximum atomic E-state index is 12.3. The van der Waals surface area contributed by atoms with Crippen molar-refractivity contribution in [3.05, 3.63) is 77.0 Å². The number of hydrogen-bond donors (Lipinski definition) is 1. The van der Waals surface area contributed by atoms with Crippen LogP contribution >= 0.6 is 0 Å². The molecule has 1 heterocycles. The zero-order valence-corrected chi connectivity index (χ0v) is 12.8. The Bertz CT molecular complexity index is 840. The Morgan fingerprint density at radius 3 is 2.68 bits per heavy atom. The van der Waals surface area contributed by atoms with Crippen LogP contribution in [0.2, 0.25) is 0 Å². The molecule has 0 spiro atoms. The number of pyridine rings is 1. The van der Waals surface area contributed by atoms with Gasteiger partial charge < -0.3 is 5.32 Å². The third-order valence-corrected chi connectivity index (χ3v) is 3.77. The van der Waals surface area contributed by atoms with Gasteiger partial charge in [0, 0.05) is 11.9 Å². The van der Waals surface area contributed by atoms with Crippen LogP contribution in [0.4, 0.5) is 0 Å². The van der Waals surface area contributed by atoms with E-state index in [1.54, 1.807) is 6.07 Å². The monoisotopic (exact) mass is 290 g/mol. The maximum absolute atomic E-state index is 12.3. The predicted octanol–water partition coefficient (Wildman–Crippen LogP) is 3.78. The van der Waals surface area contributed by atoms with Gasteiger partial charge in [0.25, 0.3) is 5.91 Å². The SMILES string of the molecule is Cc1ccc(CNC(=O)c2ccc3ccccc3n2)c(C)c1. The van der Waals surface area contributed by atoms with Gasteiger partial charge in [-0.25, -0.2) is 4.98 Å². The molecule has 3 heteroatoms. The lowest BCUT2D eigenvalue weighted by Gasteiger charge is -2.09. The second kappa shape index (κ2) is 5.98. The van der Waals surface area contributed by atoms with E-state index < -0.39 is 0 Å². The molecule has 0 saturated carbocycles. The minimum absolute atomic E-state index is 0.147. The summed E-state index contributed by atoms with van der Waals surface area (Å²) in [5, 5.41) is 3.97. The van der Waals surface area contributed by atoms with Gasteiger partial charge in [0.05, 0.1) is 5.52 Å². The van der Waals surface area contributed by atoms with Gasteiger partial charge in [-0.05, 0) is 37.1 Å². The Morgan fingerprint density at radius 1 is 1.05 bits per heavy atom. The lowest BCUT2D eigenvalue weighted by atomic mass is 10.1. The first-order valence-corrected chi connectivity index (χ1v) is 7.33. The smallest absolute Gasteiger partial charge is 0.270 e. The average Bonchev–Trinajstić information content (AvgIpc) is 2.53. The minimum atomic E-state index is -0.147. The van der Waals surface area contributed by atoms with Gasteiger partial charge in [-0.2, -0.15) is 0 Å². The summed E-state index contributed by atoms with van der Waals surface area (Å²) in [6.45, 7) is 4.64. The Hall–Kier alpha value is -2.68. The maximum Gasteiger partial charge on any atom is 0.270 e. The number of benzene rings is 2. The van der Waals surface area contributed by atoms with Crippen LogP contribution in [-0.4, -0.2) is 10.9 Å². The summed E-state index contributed by atoms with van der Waals surface area (Å²) in [5.41, 5.74) is 4.82. The first kappa shape index (κ1) is 14.3. The first-order chi connectivity index (χ1) is 10.6. The summed E-state index contributed by atoms with van der Waals surface area (Å²) in [4.78, 5) is 16.7. The van der Waals surface area contributed by atoms with Gasteiger partial charge >= 0.3 is 0 Å². The highest BCUT2D eigenvalue weighted by atomic mass is 16.1. The van der Waals surface area contributed by atoms with Crippen LogP contribution in [0.15, 0.2) is 54.6 Å². The van der Waals surface area contributed by atoms with Gasteiger partial charge in [0.2, 0.25) is 0 Å². The summed E-state index contributed by atoms with van der Waals surface area (Å²) in [7, 11) is 0. The van der Waals surface area contributed by atoms with Crippen LogP contribution in [-0.2, 0) is 6.54 Å². The first-order valence-electron chi connectivity index (χ1n) is 7.33. The van der Waals surface area contributed by atoms with Crippen LogP contribution < -0.4 is 5.32 Å². The van der Waals surface area contributed by atoms with Crippen LogP contribution in [0, 0.1) is 13.8 Å². The van der Waals surface area contributed by atoms with Crippen molar-refractivity contribution < 1.29 is 4.79 Å². The highest BCUT2D eigenvalue weighted by Crippen LogP contribution is 2.13. The molecule has 0 atom stereocenters. The van der Waals surface area contributed by atoms with Crippen LogP contribution in [0.5, 0.6) is 0 Å². The number of hydrogen-bond acceptors (Lipinski definition) is 2.